The molecule has 180 valence electrons. The summed E-state index contributed by atoms with van der Waals surface area (Å²) in [4.78, 5) is 29.2. The Morgan fingerprint density at radius 2 is 1.73 bits per heavy atom. The van der Waals surface area contributed by atoms with Gasteiger partial charge in [-0.3, -0.25) is 9.59 Å². The summed E-state index contributed by atoms with van der Waals surface area (Å²) in [6.07, 6.45) is 1.65. The van der Waals surface area contributed by atoms with E-state index >= 15 is 0 Å². The van der Waals surface area contributed by atoms with Crippen LogP contribution in [0.25, 0.3) is 0 Å². The number of nitrogens with one attached hydrogen (secondary N) is 1. The number of carbonyl (C=O) groups is 2. The van der Waals surface area contributed by atoms with Crippen LogP contribution in [0.2, 0.25) is 5.02 Å². The number of methoxy groups -OCH3 is 1. The number of amides is 2. The highest BCUT2D eigenvalue weighted by atomic mass is 35.5. The van der Waals surface area contributed by atoms with Crippen molar-refractivity contribution in [1.29, 1.82) is 0 Å². The predicted octanol–water partition coefficient (Wildman–Crippen LogP) is 5.94. The van der Waals surface area contributed by atoms with Gasteiger partial charge in [0.2, 0.25) is 11.8 Å². The second-order valence-corrected chi connectivity index (χ2v) is 10.5. The van der Waals surface area contributed by atoms with Gasteiger partial charge in [0.05, 0.1) is 7.11 Å². The van der Waals surface area contributed by atoms with Crippen LogP contribution in [0.15, 0.2) is 53.4 Å². The zero-order chi connectivity index (χ0) is 24.4. The molecule has 0 aliphatic carbocycles. The Morgan fingerprint density at radius 1 is 1.09 bits per heavy atom. The molecule has 0 saturated heterocycles. The van der Waals surface area contributed by atoms with Gasteiger partial charge in [0.15, 0.2) is 0 Å². The van der Waals surface area contributed by atoms with Crippen LogP contribution in [0.4, 0.5) is 0 Å². The average Bonchev–Trinajstić information content (AvgIpc) is 2.77. The van der Waals surface area contributed by atoms with Crippen molar-refractivity contribution in [1.82, 2.24) is 10.2 Å². The highest BCUT2D eigenvalue weighted by Gasteiger charge is 2.30. The van der Waals surface area contributed by atoms with E-state index in [9.17, 15) is 9.59 Å². The van der Waals surface area contributed by atoms with Gasteiger partial charge in [-0.15, -0.1) is 11.8 Å². The quantitative estimate of drug-likeness (QED) is 0.312. The summed E-state index contributed by atoms with van der Waals surface area (Å²) in [5, 5.41) is 3.75. The van der Waals surface area contributed by atoms with Crippen LogP contribution >= 0.6 is 23.4 Å². The van der Waals surface area contributed by atoms with Gasteiger partial charge in [-0.1, -0.05) is 30.7 Å². The summed E-state index contributed by atoms with van der Waals surface area (Å²) in [7, 11) is 1.62. The molecule has 2 aromatic rings. The minimum Gasteiger partial charge on any atom is -0.497 e. The fourth-order valence-electron chi connectivity index (χ4n) is 3.39. The highest BCUT2D eigenvalue weighted by molar-refractivity contribution is 7.99. The average molecular weight is 491 g/mol. The number of ether oxygens (including phenoxy) is 1. The number of halogens is 1. The number of carbonyl (C=O) groups excluding carboxylic acids is 2. The lowest BCUT2D eigenvalue weighted by atomic mass is 10.0. The Kier molecular flexibility index (Phi) is 10.6. The van der Waals surface area contributed by atoms with E-state index in [1.807, 2.05) is 76.2 Å². The van der Waals surface area contributed by atoms with E-state index in [1.54, 1.807) is 23.8 Å². The van der Waals surface area contributed by atoms with E-state index in [0.29, 0.717) is 24.4 Å². The predicted molar refractivity (Wildman–Crippen MR) is 137 cm³/mol. The van der Waals surface area contributed by atoms with E-state index in [2.05, 4.69) is 5.32 Å². The molecule has 2 aromatic carbocycles. The van der Waals surface area contributed by atoms with Crippen LogP contribution in [-0.4, -0.2) is 41.2 Å². The summed E-state index contributed by atoms with van der Waals surface area (Å²) in [6.45, 7) is 8.16. The van der Waals surface area contributed by atoms with Gasteiger partial charge in [-0.25, -0.2) is 0 Å². The molecule has 0 saturated carbocycles. The molecule has 0 aliphatic heterocycles. The number of benzene rings is 2. The lowest BCUT2D eigenvalue weighted by Gasteiger charge is -2.33. The first-order chi connectivity index (χ1) is 15.6. The van der Waals surface area contributed by atoms with Crippen molar-refractivity contribution in [2.24, 2.45) is 0 Å². The molecule has 1 N–H and O–H groups in total. The van der Waals surface area contributed by atoms with Gasteiger partial charge in [0, 0.05) is 28.4 Å². The van der Waals surface area contributed by atoms with Crippen LogP contribution in [0, 0.1) is 0 Å². The fraction of sp³-hybridized carbons (Fsp3) is 0.462. The number of hydrogen-bond donors (Lipinski definition) is 1. The second kappa shape index (κ2) is 12.9. The minimum absolute atomic E-state index is 0.0153. The topological polar surface area (TPSA) is 58.6 Å². The Morgan fingerprint density at radius 3 is 2.27 bits per heavy atom. The number of nitrogens with zero attached hydrogens (tertiary/aromatic N) is 1. The molecule has 2 rings (SSSR count). The number of hydrogen-bond acceptors (Lipinski definition) is 4. The normalized spacial score (nSPS) is 12.2. The standard InChI is InChI=1S/C26H35ClN2O3S/c1-6-23(25(31)28-26(2,3)4)29(18-19-9-13-21(32-5)14-10-19)24(30)8-7-17-33-22-15-11-20(27)12-16-22/h9-16,23H,6-8,17-18H2,1-5H3,(H,28,31). The Labute approximate surface area is 207 Å². The highest BCUT2D eigenvalue weighted by Crippen LogP contribution is 2.23. The Hall–Kier alpha value is -2.18. The zero-order valence-electron chi connectivity index (χ0n) is 20.2. The molecule has 7 heteroatoms. The summed E-state index contributed by atoms with van der Waals surface area (Å²) in [5.41, 5.74) is 0.593. The van der Waals surface area contributed by atoms with Crippen molar-refractivity contribution in [3.8, 4) is 5.75 Å². The van der Waals surface area contributed by atoms with E-state index in [1.165, 1.54) is 0 Å². The van der Waals surface area contributed by atoms with E-state index in [-0.39, 0.29) is 17.4 Å². The first-order valence-corrected chi connectivity index (χ1v) is 12.6. The molecule has 5 nitrogen and oxygen atoms in total. The van der Waals surface area contributed by atoms with E-state index in [4.69, 9.17) is 16.3 Å². The van der Waals surface area contributed by atoms with Gasteiger partial charge in [0.25, 0.3) is 0 Å². The van der Waals surface area contributed by atoms with Crippen LogP contribution in [-0.2, 0) is 16.1 Å². The van der Waals surface area contributed by atoms with Crippen LogP contribution in [0.3, 0.4) is 0 Å². The maximum absolute atomic E-state index is 13.3. The van der Waals surface area contributed by atoms with Crippen LogP contribution < -0.4 is 10.1 Å². The maximum Gasteiger partial charge on any atom is 0.243 e. The minimum atomic E-state index is -0.525. The Balaban J connectivity index is 2.08. The second-order valence-electron chi connectivity index (χ2n) is 8.94. The smallest absolute Gasteiger partial charge is 0.243 e. The van der Waals surface area contributed by atoms with Crippen molar-refractivity contribution < 1.29 is 14.3 Å². The van der Waals surface area contributed by atoms with Crippen molar-refractivity contribution >= 4 is 35.2 Å². The molecule has 2 amide bonds. The van der Waals surface area contributed by atoms with Crippen molar-refractivity contribution in [3.63, 3.8) is 0 Å². The van der Waals surface area contributed by atoms with Gasteiger partial charge in [-0.2, -0.15) is 0 Å². The molecule has 1 unspecified atom stereocenters. The molecule has 0 aliphatic rings. The molecular formula is C26H35ClN2O3S. The summed E-state index contributed by atoms with van der Waals surface area (Å²) < 4.78 is 5.24. The third-order valence-corrected chi connectivity index (χ3v) is 6.36. The molecule has 0 spiro atoms. The van der Waals surface area contributed by atoms with E-state index < -0.39 is 6.04 Å². The Bertz CT molecular complexity index is 895. The molecule has 33 heavy (non-hydrogen) atoms. The number of rotatable bonds is 11. The third-order valence-electron chi connectivity index (χ3n) is 5.01. The van der Waals surface area contributed by atoms with Crippen LogP contribution in [0.5, 0.6) is 5.75 Å². The van der Waals surface area contributed by atoms with Gasteiger partial charge in [0.1, 0.15) is 11.8 Å². The molecule has 0 heterocycles. The fourth-order valence-corrected chi connectivity index (χ4v) is 4.37. The molecule has 0 aromatic heterocycles. The lowest BCUT2D eigenvalue weighted by Crippen LogP contribution is -2.53. The molecule has 0 bridgehead atoms. The maximum atomic E-state index is 13.3. The lowest BCUT2D eigenvalue weighted by molar-refractivity contribution is -0.142. The summed E-state index contributed by atoms with van der Waals surface area (Å²) in [6, 6.07) is 14.8. The summed E-state index contributed by atoms with van der Waals surface area (Å²) in [5.74, 6) is 1.43. The van der Waals surface area contributed by atoms with Crippen LogP contribution in [0.1, 0.15) is 52.5 Å². The first-order valence-electron chi connectivity index (χ1n) is 11.3. The zero-order valence-corrected chi connectivity index (χ0v) is 21.8. The third kappa shape index (κ3) is 9.30. The number of thioether (sulfide) groups is 1. The van der Waals surface area contributed by atoms with Gasteiger partial charge < -0.3 is 15.0 Å². The largest absolute Gasteiger partial charge is 0.497 e. The van der Waals surface area contributed by atoms with Crippen molar-refractivity contribution in [3.05, 3.63) is 59.1 Å². The molecule has 0 fully saturated rings. The first kappa shape index (κ1) is 27.1. The SMILES string of the molecule is CCC(C(=O)NC(C)(C)C)N(Cc1ccc(OC)cc1)C(=O)CCCSc1ccc(Cl)cc1. The molecular weight excluding hydrogens is 456 g/mol. The van der Waals surface area contributed by atoms with Crippen molar-refractivity contribution in [2.45, 2.75) is 70.0 Å². The monoisotopic (exact) mass is 490 g/mol. The molecule has 0 radical (unpaired) electrons. The summed E-state index contributed by atoms with van der Waals surface area (Å²) >= 11 is 7.64. The van der Waals surface area contributed by atoms with E-state index in [0.717, 1.165) is 28.4 Å². The van der Waals surface area contributed by atoms with Crippen molar-refractivity contribution in [2.75, 3.05) is 12.9 Å². The van der Waals surface area contributed by atoms with Gasteiger partial charge in [-0.05, 0) is 81.3 Å². The van der Waals surface area contributed by atoms with Gasteiger partial charge >= 0.3 is 0 Å². The molecule has 1 atom stereocenters.